The highest BCUT2D eigenvalue weighted by Crippen LogP contribution is 2.31. The van der Waals surface area contributed by atoms with Crippen molar-refractivity contribution in [2.24, 2.45) is 0 Å². The average Bonchev–Trinajstić information content (AvgIpc) is 3.09. The summed E-state index contributed by atoms with van der Waals surface area (Å²) in [5, 5.41) is 7.65. The molecule has 0 bridgehead atoms. The van der Waals surface area contributed by atoms with Gasteiger partial charge in [-0.25, -0.2) is 14.6 Å². The van der Waals surface area contributed by atoms with Crippen LogP contribution < -0.4 is 16.0 Å². The summed E-state index contributed by atoms with van der Waals surface area (Å²) in [4.78, 5) is 38.6. The number of carbonyl (C=O) groups excluding carboxylic acids is 3. The molecule has 0 unspecified atom stereocenters. The molecule has 1 aromatic heterocycles. The normalized spacial score (nSPS) is 10.2. The van der Waals surface area contributed by atoms with Crippen molar-refractivity contribution in [2.45, 2.75) is 4.34 Å². The van der Waals surface area contributed by atoms with Crippen LogP contribution in [0.2, 0.25) is 0 Å². The molecular formula is C17H20N4O5S2. The maximum atomic E-state index is 11.8. The minimum absolute atomic E-state index is 0.175. The van der Waals surface area contributed by atoms with E-state index in [-0.39, 0.29) is 19.1 Å². The minimum atomic E-state index is -0.668. The van der Waals surface area contributed by atoms with Crippen molar-refractivity contribution in [1.82, 2.24) is 15.6 Å². The van der Waals surface area contributed by atoms with E-state index in [0.717, 1.165) is 14.6 Å². The molecule has 0 aliphatic heterocycles. The number of fused-ring (bicyclic) bond motifs is 1. The Morgan fingerprint density at radius 2 is 2.11 bits per heavy atom. The summed E-state index contributed by atoms with van der Waals surface area (Å²) in [7, 11) is 1.23. The molecule has 11 heteroatoms. The summed E-state index contributed by atoms with van der Waals surface area (Å²) in [6.07, 6.45) is 0.354. The van der Waals surface area contributed by atoms with Gasteiger partial charge in [-0.3, -0.25) is 4.79 Å². The first-order valence-electron chi connectivity index (χ1n) is 8.18. The fourth-order valence-electron chi connectivity index (χ4n) is 1.95. The van der Waals surface area contributed by atoms with Gasteiger partial charge in [0.05, 0.1) is 17.3 Å². The molecule has 2 rings (SSSR count). The molecule has 0 aliphatic rings. The van der Waals surface area contributed by atoms with Crippen molar-refractivity contribution in [3.8, 4) is 0 Å². The van der Waals surface area contributed by atoms with Gasteiger partial charge in [0.25, 0.3) is 0 Å². The molecule has 9 nitrogen and oxygen atoms in total. The number of carbonyl (C=O) groups is 3. The van der Waals surface area contributed by atoms with Gasteiger partial charge in [0, 0.05) is 18.0 Å². The van der Waals surface area contributed by atoms with E-state index in [1.807, 2.05) is 12.1 Å². The molecule has 150 valence electrons. The molecule has 1 heterocycles. The van der Waals surface area contributed by atoms with Gasteiger partial charge in [0.15, 0.2) is 4.34 Å². The molecule has 1 aromatic carbocycles. The van der Waals surface area contributed by atoms with Crippen molar-refractivity contribution in [3.05, 3.63) is 30.9 Å². The predicted octanol–water partition coefficient (Wildman–Crippen LogP) is 2.60. The maximum Gasteiger partial charge on any atom is 0.407 e. The number of nitrogens with one attached hydrogen (secondary N) is 3. The van der Waals surface area contributed by atoms with Crippen LogP contribution in [0.4, 0.5) is 15.3 Å². The first kappa shape index (κ1) is 21.5. The second kappa shape index (κ2) is 11.1. The Balaban J connectivity index is 1.83. The van der Waals surface area contributed by atoms with E-state index in [9.17, 15) is 14.4 Å². The largest absolute Gasteiger partial charge is 0.453 e. The molecule has 0 aliphatic carbocycles. The Morgan fingerprint density at radius 3 is 2.86 bits per heavy atom. The van der Waals surface area contributed by atoms with Crippen LogP contribution in [0.3, 0.4) is 0 Å². The number of aromatic nitrogens is 1. The lowest BCUT2D eigenvalue weighted by Gasteiger charge is -2.05. The van der Waals surface area contributed by atoms with Gasteiger partial charge in [0.2, 0.25) is 5.91 Å². The Kier molecular flexibility index (Phi) is 8.56. The lowest BCUT2D eigenvalue weighted by atomic mass is 10.3. The van der Waals surface area contributed by atoms with Gasteiger partial charge in [-0.2, -0.15) is 0 Å². The van der Waals surface area contributed by atoms with Crippen molar-refractivity contribution in [2.75, 3.05) is 37.9 Å². The van der Waals surface area contributed by atoms with E-state index < -0.39 is 12.2 Å². The van der Waals surface area contributed by atoms with Gasteiger partial charge in [-0.1, -0.05) is 24.4 Å². The smallest absolute Gasteiger partial charge is 0.407 e. The number of alkyl carbamates (subject to hydrolysis) is 2. The Bertz CT molecular complexity index is 855. The van der Waals surface area contributed by atoms with Crippen molar-refractivity contribution in [1.29, 1.82) is 0 Å². The molecule has 0 radical (unpaired) electrons. The van der Waals surface area contributed by atoms with Gasteiger partial charge in [-0.05, 0) is 18.2 Å². The van der Waals surface area contributed by atoms with Crippen LogP contribution in [0.25, 0.3) is 10.2 Å². The van der Waals surface area contributed by atoms with E-state index in [0.29, 0.717) is 18.0 Å². The van der Waals surface area contributed by atoms with Gasteiger partial charge in [0.1, 0.15) is 13.2 Å². The first-order valence-corrected chi connectivity index (χ1v) is 9.98. The minimum Gasteiger partial charge on any atom is -0.453 e. The summed E-state index contributed by atoms with van der Waals surface area (Å²) in [6.45, 7) is 3.91. The summed E-state index contributed by atoms with van der Waals surface area (Å²) >= 11 is 3.00. The van der Waals surface area contributed by atoms with Crippen LogP contribution in [0.5, 0.6) is 0 Å². The highest BCUT2D eigenvalue weighted by molar-refractivity contribution is 8.01. The SMILES string of the molecule is C=CCOC(=O)NCCSc1nc2ccc(NC(=O)CNC(=O)OC)cc2s1. The van der Waals surface area contributed by atoms with Gasteiger partial charge >= 0.3 is 12.2 Å². The summed E-state index contributed by atoms with van der Waals surface area (Å²) < 4.78 is 11.0. The summed E-state index contributed by atoms with van der Waals surface area (Å²) in [5.74, 6) is 0.282. The van der Waals surface area contributed by atoms with Crippen molar-refractivity contribution in [3.63, 3.8) is 0 Å². The fourth-order valence-corrected chi connectivity index (χ4v) is 3.98. The van der Waals surface area contributed by atoms with Crippen LogP contribution in [0.1, 0.15) is 0 Å². The number of ether oxygens (including phenoxy) is 2. The summed E-state index contributed by atoms with van der Waals surface area (Å²) in [6, 6.07) is 5.37. The summed E-state index contributed by atoms with van der Waals surface area (Å²) in [5.41, 5.74) is 1.42. The van der Waals surface area contributed by atoms with Crippen LogP contribution in [-0.2, 0) is 14.3 Å². The Morgan fingerprint density at radius 1 is 1.29 bits per heavy atom. The average molecular weight is 425 g/mol. The zero-order valence-corrected chi connectivity index (χ0v) is 16.8. The second-order valence-electron chi connectivity index (χ2n) is 5.22. The lowest BCUT2D eigenvalue weighted by molar-refractivity contribution is -0.115. The highest BCUT2D eigenvalue weighted by atomic mass is 32.2. The third kappa shape index (κ3) is 7.08. The monoisotopic (exact) mass is 424 g/mol. The zero-order valence-electron chi connectivity index (χ0n) is 15.1. The number of thioether (sulfide) groups is 1. The first-order chi connectivity index (χ1) is 13.5. The third-order valence-electron chi connectivity index (χ3n) is 3.16. The number of amides is 3. The van der Waals surface area contributed by atoms with Gasteiger partial charge < -0.3 is 25.4 Å². The molecule has 0 saturated heterocycles. The van der Waals surface area contributed by atoms with Crippen LogP contribution in [-0.4, -0.2) is 55.6 Å². The molecule has 0 atom stereocenters. The number of hydrogen-bond donors (Lipinski definition) is 3. The second-order valence-corrected chi connectivity index (χ2v) is 7.59. The molecule has 0 spiro atoms. The topological polar surface area (TPSA) is 119 Å². The quantitative estimate of drug-likeness (QED) is 0.322. The van der Waals surface area contributed by atoms with Crippen LogP contribution in [0, 0.1) is 0 Å². The fraction of sp³-hybridized carbons (Fsp3) is 0.294. The Hall–Kier alpha value is -2.79. The van der Waals surface area contributed by atoms with E-state index in [4.69, 9.17) is 4.74 Å². The van der Waals surface area contributed by atoms with Crippen LogP contribution in [0.15, 0.2) is 35.2 Å². The third-order valence-corrected chi connectivity index (χ3v) is 5.32. The van der Waals surface area contributed by atoms with Crippen molar-refractivity contribution < 1.29 is 23.9 Å². The zero-order chi connectivity index (χ0) is 20.4. The molecule has 3 N–H and O–H groups in total. The van der Waals surface area contributed by atoms with Crippen LogP contribution >= 0.6 is 23.1 Å². The van der Waals surface area contributed by atoms with E-state index in [2.05, 4.69) is 32.3 Å². The van der Waals surface area contributed by atoms with E-state index >= 15 is 0 Å². The molecule has 3 amide bonds. The van der Waals surface area contributed by atoms with Crippen molar-refractivity contribution >= 4 is 57.1 Å². The standard InChI is InChI=1S/C17H20N4O5S2/c1-3-7-26-16(24)18-6-8-27-17-21-12-5-4-11(9-13(12)28-17)20-14(22)10-19-15(23)25-2/h3-5,9H,1,6-8,10H2,2H3,(H,18,24)(H,19,23)(H,20,22). The molecule has 2 aromatic rings. The van der Waals surface area contributed by atoms with Gasteiger partial charge in [-0.15, -0.1) is 11.3 Å². The number of nitrogens with zero attached hydrogens (tertiary/aromatic N) is 1. The number of benzene rings is 1. The maximum absolute atomic E-state index is 11.8. The molecule has 0 fully saturated rings. The van der Waals surface area contributed by atoms with E-state index in [1.54, 1.807) is 6.07 Å². The predicted molar refractivity (Wildman–Crippen MR) is 109 cm³/mol. The number of thiazole rings is 1. The number of anilines is 1. The Labute approximate surface area is 169 Å². The van der Waals surface area contributed by atoms with E-state index in [1.165, 1.54) is 36.3 Å². The highest BCUT2D eigenvalue weighted by Gasteiger charge is 2.09. The number of rotatable bonds is 9. The molecular weight excluding hydrogens is 404 g/mol. The molecule has 28 heavy (non-hydrogen) atoms. The number of hydrogen-bond acceptors (Lipinski definition) is 8. The number of methoxy groups -OCH3 is 1. The lowest BCUT2D eigenvalue weighted by Crippen LogP contribution is -2.32. The molecule has 0 saturated carbocycles.